The molecule has 0 saturated heterocycles. The number of carbonyl (C=O) groups excluding carboxylic acids is 1. The number of hydrogen-bond donors (Lipinski definition) is 0. The molecule has 0 saturated carbocycles. The Bertz CT molecular complexity index is 590. The Kier molecular flexibility index (Phi) is 4.92. The summed E-state index contributed by atoms with van der Waals surface area (Å²) in [5.74, 6) is -1.52. The zero-order chi connectivity index (χ0) is 14.8. The molecule has 8 heteroatoms. The number of sulfonamides is 1. The van der Waals surface area contributed by atoms with Gasteiger partial charge in [0.2, 0.25) is 10.0 Å². The Hall–Kier alpha value is -1.15. The molecule has 1 aromatic rings. The van der Waals surface area contributed by atoms with Gasteiger partial charge in [0, 0.05) is 4.47 Å². The van der Waals surface area contributed by atoms with E-state index < -0.39 is 27.9 Å². The van der Waals surface area contributed by atoms with Crippen molar-refractivity contribution in [3.63, 3.8) is 0 Å². The third-order valence-electron chi connectivity index (χ3n) is 2.40. The summed E-state index contributed by atoms with van der Waals surface area (Å²) in [7, 11) is -2.69. The second-order valence-electron chi connectivity index (χ2n) is 3.85. The van der Waals surface area contributed by atoms with Gasteiger partial charge in [-0.15, -0.1) is 0 Å². The van der Waals surface area contributed by atoms with E-state index in [2.05, 4.69) is 20.7 Å². The first-order chi connectivity index (χ1) is 8.68. The van der Waals surface area contributed by atoms with Crippen molar-refractivity contribution in [3.05, 3.63) is 28.5 Å². The molecule has 0 amide bonds. The van der Waals surface area contributed by atoms with E-state index in [-0.39, 0.29) is 5.69 Å². The maximum Gasteiger partial charge on any atom is 0.329 e. The number of anilines is 1. The summed E-state index contributed by atoms with van der Waals surface area (Å²) in [5, 5.41) is 0. The van der Waals surface area contributed by atoms with Gasteiger partial charge in [-0.25, -0.2) is 17.6 Å². The zero-order valence-corrected chi connectivity index (χ0v) is 13.0. The second-order valence-corrected chi connectivity index (χ2v) is 6.63. The predicted octanol–water partition coefficient (Wildman–Crippen LogP) is 1.92. The van der Waals surface area contributed by atoms with Crippen molar-refractivity contribution >= 4 is 37.6 Å². The third-order valence-corrected chi connectivity index (χ3v) is 4.12. The van der Waals surface area contributed by atoms with Crippen LogP contribution in [0.25, 0.3) is 0 Å². The molecule has 0 spiro atoms. The maximum atomic E-state index is 13.9. The van der Waals surface area contributed by atoms with Crippen LogP contribution >= 0.6 is 15.9 Å². The minimum atomic E-state index is -3.83. The van der Waals surface area contributed by atoms with Crippen LogP contribution in [0, 0.1) is 5.82 Å². The first-order valence-electron chi connectivity index (χ1n) is 5.20. The van der Waals surface area contributed by atoms with Crippen molar-refractivity contribution in [2.24, 2.45) is 0 Å². The highest BCUT2D eigenvalue weighted by Crippen LogP contribution is 2.27. The SMILES string of the molecule is COC(=O)[C@@H](C)N(c1ccc(Br)cc1F)S(C)(=O)=O. The number of methoxy groups -OCH3 is 1. The molecule has 0 heterocycles. The first-order valence-corrected chi connectivity index (χ1v) is 7.85. The first kappa shape index (κ1) is 15.9. The molecule has 0 aromatic heterocycles. The Balaban J connectivity index is 3.37. The molecule has 0 N–H and O–H groups in total. The monoisotopic (exact) mass is 353 g/mol. The number of halogens is 2. The van der Waals surface area contributed by atoms with Gasteiger partial charge in [0.1, 0.15) is 11.9 Å². The number of benzene rings is 1. The van der Waals surface area contributed by atoms with Crippen molar-refractivity contribution in [3.8, 4) is 0 Å². The van der Waals surface area contributed by atoms with Gasteiger partial charge in [0.25, 0.3) is 0 Å². The number of carbonyl (C=O) groups is 1. The van der Waals surface area contributed by atoms with Crippen LogP contribution in [0.2, 0.25) is 0 Å². The Morgan fingerprint density at radius 3 is 2.47 bits per heavy atom. The largest absolute Gasteiger partial charge is 0.467 e. The van der Waals surface area contributed by atoms with E-state index in [4.69, 9.17) is 0 Å². The van der Waals surface area contributed by atoms with E-state index in [1.165, 1.54) is 19.1 Å². The molecule has 5 nitrogen and oxygen atoms in total. The van der Waals surface area contributed by atoms with E-state index in [0.29, 0.717) is 8.78 Å². The van der Waals surface area contributed by atoms with E-state index in [1.807, 2.05) is 0 Å². The smallest absolute Gasteiger partial charge is 0.329 e. The molecule has 1 aromatic carbocycles. The summed E-state index contributed by atoms with van der Waals surface area (Å²) in [6.07, 6.45) is 0.897. The summed E-state index contributed by atoms with van der Waals surface area (Å²) in [4.78, 5) is 11.5. The van der Waals surface area contributed by atoms with Gasteiger partial charge in [-0.3, -0.25) is 4.31 Å². The molecule has 0 aliphatic carbocycles. The summed E-state index contributed by atoms with van der Waals surface area (Å²) in [6.45, 7) is 1.33. The van der Waals surface area contributed by atoms with Crippen LogP contribution < -0.4 is 4.31 Å². The van der Waals surface area contributed by atoms with Crippen LogP contribution in [0.5, 0.6) is 0 Å². The lowest BCUT2D eigenvalue weighted by Gasteiger charge is -2.27. The molecule has 0 radical (unpaired) electrons. The minimum Gasteiger partial charge on any atom is -0.467 e. The highest BCUT2D eigenvalue weighted by molar-refractivity contribution is 9.10. The lowest BCUT2D eigenvalue weighted by atomic mass is 10.2. The summed E-state index contributed by atoms with van der Waals surface area (Å²) < 4.78 is 43.1. The van der Waals surface area contributed by atoms with Gasteiger partial charge in [-0.2, -0.15) is 0 Å². The predicted molar refractivity (Wildman–Crippen MR) is 72.9 cm³/mol. The molecule has 1 rings (SSSR count). The molecule has 0 bridgehead atoms. The summed E-state index contributed by atoms with van der Waals surface area (Å²) >= 11 is 3.08. The molecule has 0 aliphatic heterocycles. The van der Waals surface area contributed by atoms with Crippen molar-refractivity contribution in [1.82, 2.24) is 0 Å². The van der Waals surface area contributed by atoms with Crippen LogP contribution in [0.1, 0.15) is 6.92 Å². The van der Waals surface area contributed by atoms with Gasteiger partial charge >= 0.3 is 5.97 Å². The molecule has 19 heavy (non-hydrogen) atoms. The Morgan fingerprint density at radius 1 is 1.47 bits per heavy atom. The van der Waals surface area contributed by atoms with Gasteiger partial charge in [-0.05, 0) is 25.1 Å². The number of nitrogens with zero attached hydrogens (tertiary/aromatic N) is 1. The average molecular weight is 354 g/mol. The van der Waals surface area contributed by atoms with Crippen molar-refractivity contribution in [2.75, 3.05) is 17.7 Å². The second kappa shape index (κ2) is 5.87. The lowest BCUT2D eigenvalue weighted by Crippen LogP contribution is -2.43. The van der Waals surface area contributed by atoms with Crippen molar-refractivity contribution in [1.29, 1.82) is 0 Å². The van der Waals surface area contributed by atoms with E-state index >= 15 is 0 Å². The van der Waals surface area contributed by atoms with Crippen molar-refractivity contribution < 1.29 is 22.3 Å². The fourth-order valence-corrected chi connectivity index (χ4v) is 3.10. The summed E-state index contributed by atoms with van der Waals surface area (Å²) in [6, 6.07) is 2.73. The Labute approximate surface area is 119 Å². The van der Waals surface area contributed by atoms with Crippen LogP contribution in [-0.2, 0) is 19.6 Å². The highest BCUT2D eigenvalue weighted by atomic mass is 79.9. The number of rotatable bonds is 4. The molecule has 1 atom stereocenters. The van der Waals surface area contributed by atoms with E-state index in [0.717, 1.165) is 19.4 Å². The molecular formula is C11H13BrFNO4S. The Morgan fingerprint density at radius 2 is 2.05 bits per heavy atom. The highest BCUT2D eigenvalue weighted by Gasteiger charge is 2.31. The van der Waals surface area contributed by atoms with E-state index in [9.17, 15) is 17.6 Å². The normalized spacial score (nSPS) is 12.9. The van der Waals surface area contributed by atoms with E-state index in [1.54, 1.807) is 0 Å². The minimum absolute atomic E-state index is 0.205. The fraction of sp³-hybridized carbons (Fsp3) is 0.364. The number of ether oxygens (including phenoxy) is 1. The fourth-order valence-electron chi connectivity index (χ4n) is 1.60. The molecule has 106 valence electrons. The lowest BCUT2D eigenvalue weighted by molar-refractivity contribution is -0.141. The third kappa shape index (κ3) is 3.66. The maximum absolute atomic E-state index is 13.9. The van der Waals surface area contributed by atoms with Crippen LogP contribution in [0.4, 0.5) is 10.1 Å². The summed E-state index contributed by atoms with van der Waals surface area (Å²) in [5.41, 5.74) is -0.205. The topological polar surface area (TPSA) is 63.7 Å². The quantitative estimate of drug-likeness (QED) is 0.775. The van der Waals surface area contributed by atoms with Crippen molar-refractivity contribution in [2.45, 2.75) is 13.0 Å². The van der Waals surface area contributed by atoms with Crippen LogP contribution in [0.15, 0.2) is 22.7 Å². The number of esters is 1. The average Bonchev–Trinajstić information content (AvgIpc) is 2.29. The standard InChI is InChI=1S/C11H13BrFNO4S/c1-7(11(15)18-2)14(19(3,16)17)10-5-4-8(12)6-9(10)13/h4-7H,1-3H3/t7-/m1/s1. The molecule has 0 aliphatic rings. The molecule has 0 unspecified atom stereocenters. The van der Waals surface area contributed by atoms with Gasteiger partial charge < -0.3 is 4.74 Å². The van der Waals surface area contributed by atoms with Gasteiger partial charge in [-0.1, -0.05) is 15.9 Å². The van der Waals surface area contributed by atoms with Gasteiger partial charge in [0.05, 0.1) is 19.1 Å². The van der Waals surface area contributed by atoms with Crippen LogP contribution in [0.3, 0.4) is 0 Å². The molecule has 0 fully saturated rings. The zero-order valence-electron chi connectivity index (χ0n) is 10.6. The molecular weight excluding hydrogens is 341 g/mol. The number of hydrogen-bond acceptors (Lipinski definition) is 4. The van der Waals surface area contributed by atoms with Gasteiger partial charge in [0.15, 0.2) is 0 Å². The van der Waals surface area contributed by atoms with Crippen LogP contribution in [-0.4, -0.2) is 33.8 Å².